The van der Waals surface area contributed by atoms with Crippen LogP contribution in [0.15, 0.2) is 23.1 Å². The molecule has 0 bridgehead atoms. The van der Waals surface area contributed by atoms with Crippen LogP contribution in [0, 0.1) is 0 Å². The molecular weight excluding hydrogens is 380 g/mol. The lowest BCUT2D eigenvalue weighted by atomic mass is 10.2. The Morgan fingerprint density at radius 2 is 1.96 bits per heavy atom. The third kappa shape index (κ3) is 4.75. The Balaban J connectivity index is 2.18. The minimum absolute atomic E-state index is 0.0150. The first kappa shape index (κ1) is 20.7. The van der Waals surface area contributed by atoms with Crippen LogP contribution in [-0.4, -0.2) is 50.3 Å². The van der Waals surface area contributed by atoms with Crippen LogP contribution in [0.4, 0.5) is 0 Å². The number of hydrogen-bond donors (Lipinski definition) is 1. The highest BCUT2D eigenvalue weighted by Crippen LogP contribution is 2.26. The Labute approximate surface area is 158 Å². The second kappa shape index (κ2) is 8.83. The first-order valence-corrected chi connectivity index (χ1v) is 10.4. The van der Waals surface area contributed by atoms with Crippen LogP contribution in [0.2, 0.25) is 5.02 Å². The molecule has 0 spiro atoms. The average Bonchev–Trinajstić information content (AvgIpc) is 3.15. The molecule has 1 aliphatic rings. The minimum Gasteiger partial charge on any atom is -0.449 e. The molecule has 1 aromatic rings. The van der Waals surface area contributed by atoms with Crippen molar-refractivity contribution in [3.8, 4) is 0 Å². The van der Waals surface area contributed by atoms with Gasteiger partial charge in [-0.25, -0.2) is 13.2 Å². The topological polar surface area (TPSA) is 92.8 Å². The summed E-state index contributed by atoms with van der Waals surface area (Å²) in [4.78, 5) is 24.2. The number of ether oxygens (including phenoxy) is 1. The van der Waals surface area contributed by atoms with E-state index < -0.39 is 28.0 Å². The maximum atomic E-state index is 12.6. The van der Waals surface area contributed by atoms with Crippen molar-refractivity contribution in [3.63, 3.8) is 0 Å². The number of nitrogens with zero attached hydrogens (tertiary/aromatic N) is 1. The monoisotopic (exact) mass is 402 g/mol. The van der Waals surface area contributed by atoms with Crippen LogP contribution >= 0.6 is 11.6 Å². The number of carbonyl (C=O) groups is 2. The molecule has 9 heteroatoms. The Kier molecular flexibility index (Phi) is 7.02. The number of amides is 1. The molecule has 1 aliphatic heterocycles. The number of esters is 1. The Morgan fingerprint density at radius 1 is 1.31 bits per heavy atom. The summed E-state index contributed by atoms with van der Waals surface area (Å²) in [6.45, 7) is 4.74. The molecule has 1 N–H and O–H groups in total. The molecule has 0 aliphatic carbocycles. The quantitative estimate of drug-likeness (QED) is 0.706. The van der Waals surface area contributed by atoms with Crippen LogP contribution in [0.3, 0.4) is 0 Å². The molecule has 0 saturated carbocycles. The van der Waals surface area contributed by atoms with Crippen molar-refractivity contribution in [3.05, 3.63) is 28.8 Å². The number of rotatable bonds is 7. The van der Waals surface area contributed by atoms with Crippen molar-refractivity contribution in [1.82, 2.24) is 9.62 Å². The fourth-order valence-electron chi connectivity index (χ4n) is 2.57. The van der Waals surface area contributed by atoms with Crippen LogP contribution in [0.5, 0.6) is 0 Å². The summed E-state index contributed by atoms with van der Waals surface area (Å²) in [5.74, 6) is -1.26. The minimum atomic E-state index is -3.68. The first-order valence-electron chi connectivity index (χ1n) is 8.55. The van der Waals surface area contributed by atoms with Crippen LogP contribution in [0.1, 0.15) is 43.5 Å². The summed E-state index contributed by atoms with van der Waals surface area (Å²) in [6, 6.07) is 3.92. The van der Waals surface area contributed by atoms with Gasteiger partial charge in [0.25, 0.3) is 5.91 Å². The van der Waals surface area contributed by atoms with E-state index >= 15 is 0 Å². The Bertz CT molecular complexity index is 775. The maximum Gasteiger partial charge on any atom is 0.340 e. The number of halogens is 1. The van der Waals surface area contributed by atoms with E-state index in [1.54, 1.807) is 0 Å². The van der Waals surface area contributed by atoms with E-state index in [0.29, 0.717) is 19.6 Å². The Hall–Kier alpha value is -1.64. The SMILES string of the molecule is CCCNC(=O)[C@H](C)OC(=O)c1cc(S(=O)(=O)N2CCCC2)ccc1Cl. The van der Waals surface area contributed by atoms with Gasteiger partial charge >= 0.3 is 5.97 Å². The maximum absolute atomic E-state index is 12.6. The van der Waals surface area contributed by atoms with Gasteiger partial charge in [0.1, 0.15) is 0 Å². The van der Waals surface area contributed by atoms with Gasteiger partial charge in [0.2, 0.25) is 10.0 Å². The lowest BCUT2D eigenvalue weighted by molar-refractivity contribution is -0.129. The number of carbonyl (C=O) groups excluding carboxylic acids is 2. The summed E-state index contributed by atoms with van der Waals surface area (Å²) >= 11 is 6.04. The number of benzene rings is 1. The van der Waals surface area contributed by atoms with E-state index in [1.165, 1.54) is 29.4 Å². The lowest BCUT2D eigenvalue weighted by Crippen LogP contribution is -2.36. The van der Waals surface area contributed by atoms with Crippen molar-refractivity contribution >= 4 is 33.5 Å². The molecule has 7 nitrogen and oxygen atoms in total. The highest BCUT2D eigenvalue weighted by atomic mass is 35.5. The molecule has 1 atom stereocenters. The molecule has 1 fully saturated rings. The summed E-state index contributed by atoms with van der Waals surface area (Å²) < 4.78 is 31.8. The van der Waals surface area contributed by atoms with Gasteiger partial charge in [-0.05, 0) is 44.4 Å². The van der Waals surface area contributed by atoms with Gasteiger partial charge < -0.3 is 10.1 Å². The zero-order valence-electron chi connectivity index (χ0n) is 14.8. The zero-order chi connectivity index (χ0) is 19.3. The normalized spacial score (nSPS) is 16.3. The summed E-state index contributed by atoms with van der Waals surface area (Å²) in [6.07, 6.45) is 1.37. The van der Waals surface area contributed by atoms with E-state index in [0.717, 1.165) is 19.3 Å². The summed E-state index contributed by atoms with van der Waals surface area (Å²) in [5.41, 5.74) is -0.0814. The third-order valence-corrected chi connectivity index (χ3v) is 6.29. The second-order valence-electron chi connectivity index (χ2n) is 6.09. The molecule has 0 unspecified atom stereocenters. The zero-order valence-corrected chi connectivity index (χ0v) is 16.4. The number of hydrogen-bond acceptors (Lipinski definition) is 5. The van der Waals surface area contributed by atoms with Crippen molar-refractivity contribution in [1.29, 1.82) is 0 Å². The number of sulfonamides is 1. The summed E-state index contributed by atoms with van der Waals surface area (Å²) in [5, 5.41) is 2.69. The van der Waals surface area contributed by atoms with Crippen LogP contribution < -0.4 is 5.32 Å². The van der Waals surface area contributed by atoms with E-state index in [9.17, 15) is 18.0 Å². The lowest BCUT2D eigenvalue weighted by Gasteiger charge is -2.17. The molecule has 0 radical (unpaired) electrons. The van der Waals surface area contributed by atoms with E-state index in [-0.39, 0.29) is 15.5 Å². The Morgan fingerprint density at radius 3 is 2.58 bits per heavy atom. The van der Waals surface area contributed by atoms with Crippen molar-refractivity contribution in [2.24, 2.45) is 0 Å². The predicted octanol–water partition coefficient (Wildman–Crippen LogP) is 2.20. The van der Waals surface area contributed by atoms with Crippen molar-refractivity contribution in [2.75, 3.05) is 19.6 Å². The predicted molar refractivity (Wildman–Crippen MR) is 97.6 cm³/mol. The van der Waals surface area contributed by atoms with Gasteiger partial charge in [-0.2, -0.15) is 4.31 Å². The third-order valence-electron chi connectivity index (χ3n) is 4.06. The standard InChI is InChI=1S/C17H23ClN2O5S/c1-3-8-19-16(21)12(2)25-17(22)14-11-13(6-7-15(14)18)26(23,24)20-9-4-5-10-20/h6-7,11-12H,3-5,8-10H2,1-2H3,(H,19,21)/t12-/m0/s1. The second-order valence-corrected chi connectivity index (χ2v) is 8.44. The molecule has 1 saturated heterocycles. The molecule has 0 aromatic heterocycles. The summed E-state index contributed by atoms with van der Waals surface area (Å²) in [7, 11) is -3.68. The van der Waals surface area contributed by atoms with Gasteiger partial charge in [-0.3, -0.25) is 4.79 Å². The first-order chi connectivity index (χ1) is 12.3. The van der Waals surface area contributed by atoms with Crippen LogP contribution in [0.25, 0.3) is 0 Å². The highest BCUT2D eigenvalue weighted by molar-refractivity contribution is 7.89. The van der Waals surface area contributed by atoms with Crippen LogP contribution in [-0.2, 0) is 19.6 Å². The molecule has 1 heterocycles. The largest absolute Gasteiger partial charge is 0.449 e. The van der Waals surface area contributed by atoms with Gasteiger partial charge in [0.05, 0.1) is 15.5 Å². The van der Waals surface area contributed by atoms with E-state index in [2.05, 4.69) is 5.32 Å². The fourth-order valence-corrected chi connectivity index (χ4v) is 4.31. The highest BCUT2D eigenvalue weighted by Gasteiger charge is 2.29. The van der Waals surface area contributed by atoms with Crippen molar-refractivity contribution < 1.29 is 22.7 Å². The van der Waals surface area contributed by atoms with Gasteiger partial charge in [0, 0.05) is 19.6 Å². The molecule has 144 valence electrons. The van der Waals surface area contributed by atoms with Gasteiger partial charge in [-0.1, -0.05) is 18.5 Å². The van der Waals surface area contributed by atoms with Crippen molar-refractivity contribution in [2.45, 2.75) is 44.1 Å². The van der Waals surface area contributed by atoms with E-state index in [4.69, 9.17) is 16.3 Å². The average molecular weight is 403 g/mol. The molecule has 2 rings (SSSR count). The van der Waals surface area contributed by atoms with Gasteiger partial charge in [0.15, 0.2) is 6.10 Å². The molecule has 1 amide bonds. The number of nitrogens with one attached hydrogen (secondary N) is 1. The molecule has 1 aromatic carbocycles. The van der Waals surface area contributed by atoms with Gasteiger partial charge in [-0.15, -0.1) is 0 Å². The fraction of sp³-hybridized carbons (Fsp3) is 0.529. The molecular formula is C17H23ClN2O5S. The van der Waals surface area contributed by atoms with E-state index in [1.807, 2.05) is 6.92 Å². The molecule has 26 heavy (non-hydrogen) atoms. The smallest absolute Gasteiger partial charge is 0.340 e.